The van der Waals surface area contributed by atoms with Gasteiger partial charge in [-0.2, -0.15) is 0 Å². The molecule has 3 heterocycles. The Morgan fingerprint density at radius 1 is 1.05 bits per heavy atom. The first-order chi connectivity index (χ1) is 18.0. The maximum atomic E-state index is 11.8. The summed E-state index contributed by atoms with van der Waals surface area (Å²) in [5.74, 6) is 0.922. The highest BCUT2D eigenvalue weighted by molar-refractivity contribution is 7.22. The van der Waals surface area contributed by atoms with E-state index in [0.29, 0.717) is 41.1 Å². The maximum Gasteiger partial charge on any atom is 0.355 e. The van der Waals surface area contributed by atoms with Crippen molar-refractivity contribution in [1.82, 2.24) is 20.2 Å². The standard InChI is InChI=1S/C26H24N6O3S2/c1-16-15-21(30-31-23(16)29-25-27-18-11-6-7-12-19(18)36-25)32(2)26-28-22(24(33)34)20(37-26)13-8-14-35-17-9-4-3-5-10-17/h3-7,9-12,15H,8,13-14H2,1-2H3,(H,33,34)(H,27,29,31). The molecule has 188 valence electrons. The zero-order valence-electron chi connectivity index (χ0n) is 20.2. The van der Waals surface area contributed by atoms with Crippen molar-refractivity contribution in [1.29, 1.82) is 0 Å². The monoisotopic (exact) mass is 532 g/mol. The molecule has 0 aliphatic rings. The summed E-state index contributed by atoms with van der Waals surface area (Å²) in [7, 11) is 1.80. The molecule has 5 aromatic rings. The summed E-state index contributed by atoms with van der Waals surface area (Å²) in [6.45, 7) is 2.42. The zero-order chi connectivity index (χ0) is 25.8. The SMILES string of the molecule is Cc1cc(N(C)c2nc(C(=O)O)c(CCCOc3ccccc3)s2)nnc1Nc1nc2ccccc2s1. The minimum absolute atomic E-state index is 0.0605. The van der Waals surface area contributed by atoms with E-state index in [4.69, 9.17) is 4.74 Å². The Labute approximate surface area is 221 Å². The fourth-order valence-corrected chi connectivity index (χ4v) is 5.57. The van der Waals surface area contributed by atoms with Gasteiger partial charge >= 0.3 is 5.97 Å². The molecular weight excluding hydrogens is 508 g/mol. The summed E-state index contributed by atoms with van der Waals surface area (Å²) in [5, 5.41) is 22.9. The van der Waals surface area contributed by atoms with Gasteiger partial charge < -0.3 is 20.1 Å². The van der Waals surface area contributed by atoms with Crippen molar-refractivity contribution >= 4 is 60.8 Å². The average molecular weight is 533 g/mol. The molecule has 0 bridgehead atoms. The molecule has 37 heavy (non-hydrogen) atoms. The van der Waals surface area contributed by atoms with Crippen molar-refractivity contribution in [2.45, 2.75) is 19.8 Å². The summed E-state index contributed by atoms with van der Waals surface area (Å²) in [4.78, 5) is 23.3. The quantitative estimate of drug-likeness (QED) is 0.207. The van der Waals surface area contributed by atoms with Crippen molar-refractivity contribution in [3.05, 3.63) is 76.8 Å². The number of hydrogen-bond acceptors (Lipinski definition) is 10. The number of nitrogens with zero attached hydrogens (tertiary/aromatic N) is 5. The fourth-order valence-electron chi connectivity index (χ4n) is 3.64. The lowest BCUT2D eigenvalue weighted by molar-refractivity contribution is 0.0690. The number of carboxylic acid groups (broad SMARTS) is 1. The second-order valence-electron chi connectivity index (χ2n) is 8.24. The van der Waals surface area contributed by atoms with Crippen molar-refractivity contribution in [3.63, 3.8) is 0 Å². The van der Waals surface area contributed by atoms with E-state index in [2.05, 4.69) is 25.5 Å². The topological polar surface area (TPSA) is 113 Å². The summed E-state index contributed by atoms with van der Waals surface area (Å²) in [5.41, 5.74) is 1.87. The minimum Gasteiger partial charge on any atom is -0.494 e. The van der Waals surface area contributed by atoms with Gasteiger partial charge in [0.1, 0.15) is 5.75 Å². The first kappa shape index (κ1) is 24.6. The summed E-state index contributed by atoms with van der Waals surface area (Å²) >= 11 is 2.89. The lowest BCUT2D eigenvalue weighted by atomic mass is 10.2. The van der Waals surface area contributed by atoms with E-state index >= 15 is 0 Å². The van der Waals surface area contributed by atoms with Gasteiger partial charge in [0.15, 0.2) is 27.6 Å². The largest absolute Gasteiger partial charge is 0.494 e. The van der Waals surface area contributed by atoms with Crippen LogP contribution in [0.15, 0.2) is 60.7 Å². The number of hydrogen-bond donors (Lipinski definition) is 2. The van der Waals surface area contributed by atoms with Crippen LogP contribution in [0.25, 0.3) is 10.2 Å². The minimum atomic E-state index is -1.05. The van der Waals surface area contributed by atoms with Crippen LogP contribution in [0.1, 0.15) is 27.3 Å². The second kappa shape index (κ2) is 10.9. The van der Waals surface area contributed by atoms with Crippen LogP contribution in [0.4, 0.5) is 21.9 Å². The first-order valence-corrected chi connectivity index (χ1v) is 13.2. The van der Waals surface area contributed by atoms with Crippen molar-refractivity contribution in [3.8, 4) is 5.75 Å². The fraction of sp³-hybridized carbons (Fsp3) is 0.192. The van der Waals surface area contributed by atoms with Gasteiger partial charge in [-0.15, -0.1) is 21.5 Å². The van der Waals surface area contributed by atoms with Crippen LogP contribution >= 0.6 is 22.7 Å². The van der Waals surface area contributed by atoms with Gasteiger partial charge in [0.25, 0.3) is 0 Å². The van der Waals surface area contributed by atoms with Gasteiger partial charge in [-0.25, -0.2) is 14.8 Å². The van der Waals surface area contributed by atoms with E-state index in [1.807, 2.05) is 67.6 Å². The lowest BCUT2D eigenvalue weighted by Crippen LogP contribution is -2.13. The number of aromatic nitrogens is 4. The predicted octanol–water partition coefficient (Wildman–Crippen LogP) is 6.07. The third-order valence-electron chi connectivity index (χ3n) is 5.57. The molecule has 0 fully saturated rings. The van der Waals surface area contributed by atoms with E-state index in [1.54, 1.807) is 23.3 Å². The molecule has 0 aliphatic carbocycles. The predicted molar refractivity (Wildman–Crippen MR) is 147 cm³/mol. The molecule has 0 saturated carbocycles. The Morgan fingerprint density at radius 2 is 1.84 bits per heavy atom. The van der Waals surface area contributed by atoms with Crippen LogP contribution < -0.4 is 15.0 Å². The Hall–Kier alpha value is -4.09. The summed E-state index contributed by atoms with van der Waals surface area (Å²) in [6.07, 6.45) is 1.22. The summed E-state index contributed by atoms with van der Waals surface area (Å²) in [6, 6.07) is 19.4. The number of ether oxygens (including phenoxy) is 1. The van der Waals surface area contributed by atoms with Gasteiger partial charge in [-0.05, 0) is 55.7 Å². The van der Waals surface area contributed by atoms with E-state index in [-0.39, 0.29) is 5.69 Å². The normalized spacial score (nSPS) is 11.0. The van der Waals surface area contributed by atoms with E-state index < -0.39 is 5.97 Å². The number of carboxylic acids is 1. The highest BCUT2D eigenvalue weighted by atomic mass is 32.1. The van der Waals surface area contributed by atoms with Gasteiger partial charge in [-0.1, -0.05) is 41.7 Å². The van der Waals surface area contributed by atoms with Crippen LogP contribution in [0.3, 0.4) is 0 Å². The summed E-state index contributed by atoms with van der Waals surface area (Å²) < 4.78 is 6.82. The lowest BCUT2D eigenvalue weighted by Gasteiger charge is -2.15. The van der Waals surface area contributed by atoms with Crippen molar-refractivity contribution < 1.29 is 14.6 Å². The molecular formula is C26H24N6O3S2. The van der Waals surface area contributed by atoms with E-state index in [1.165, 1.54) is 11.3 Å². The first-order valence-electron chi connectivity index (χ1n) is 11.6. The highest BCUT2D eigenvalue weighted by Crippen LogP contribution is 2.33. The van der Waals surface area contributed by atoms with Crippen LogP contribution in [-0.2, 0) is 6.42 Å². The molecule has 0 amide bonds. The molecule has 5 rings (SSSR count). The van der Waals surface area contributed by atoms with Gasteiger partial charge in [0, 0.05) is 11.9 Å². The Balaban J connectivity index is 1.27. The zero-order valence-corrected chi connectivity index (χ0v) is 21.8. The molecule has 0 atom stereocenters. The van der Waals surface area contributed by atoms with E-state index in [9.17, 15) is 9.90 Å². The number of rotatable bonds is 10. The van der Waals surface area contributed by atoms with Crippen LogP contribution in [-0.4, -0.2) is 44.9 Å². The van der Waals surface area contributed by atoms with Crippen molar-refractivity contribution in [2.24, 2.45) is 0 Å². The van der Waals surface area contributed by atoms with Gasteiger partial charge in [0.05, 0.1) is 16.8 Å². The van der Waals surface area contributed by atoms with E-state index in [0.717, 1.165) is 26.7 Å². The Kier molecular flexibility index (Phi) is 7.24. The maximum absolute atomic E-state index is 11.8. The number of thiazole rings is 2. The van der Waals surface area contributed by atoms with Crippen LogP contribution in [0, 0.1) is 6.92 Å². The molecule has 0 saturated heterocycles. The molecule has 2 N–H and O–H groups in total. The Morgan fingerprint density at radius 3 is 2.59 bits per heavy atom. The van der Waals surface area contributed by atoms with Crippen LogP contribution in [0.2, 0.25) is 0 Å². The molecule has 0 spiro atoms. The number of aromatic carboxylic acids is 1. The van der Waals surface area contributed by atoms with Crippen LogP contribution in [0.5, 0.6) is 5.75 Å². The number of carbonyl (C=O) groups is 1. The second-order valence-corrected chi connectivity index (χ2v) is 10.3. The molecule has 3 aromatic heterocycles. The van der Waals surface area contributed by atoms with Crippen molar-refractivity contribution in [2.75, 3.05) is 23.9 Å². The molecule has 0 unspecified atom stereocenters. The number of nitrogens with one attached hydrogen (secondary N) is 1. The third kappa shape index (κ3) is 5.68. The molecule has 9 nitrogen and oxygen atoms in total. The average Bonchev–Trinajstić information content (AvgIpc) is 3.52. The molecule has 11 heteroatoms. The number of para-hydroxylation sites is 2. The van der Waals surface area contributed by atoms with Gasteiger partial charge in [-0.3, -0.25) is 0 Å². The molecule has 0 radical (unpaired) electrons. The number of anilines is 4. The smallest absolute Gasteiger partial charge is 0.355 e. The number of fused-ring (bicyclic) bond motifs is 1. The Bertz CT molecular complexity index is 1500. The highest BCUT2D eigenvalue weighted by Gasteiger charge is 2.21. The molecule has 0 aliphatic heterocycles. The molecule has 2 aromatic carbocycles. The number of benzene rings is 2. The third-order valence-corrected chi connectivity index (χ3v) is 7.71. The van der Waals surface area contributed by atoms with Gasteiger partial charge in [0.2, 0.25) is 0 Å². The number of aryl methyl sites for hydroxylation is 2.